The molecular weight excluding hydrogens is 212 g/mol. The molecule has 0 aromatic heterocycles. The number of hydrogen-bond acceptors (Lipinski definition) is 2. The first-order chi connectivity index (χ1) is 8.13. The number of carbonyl (C=O) groups excluding carboxylic acids is 1. The lowest BCUT2D eigenvalue weighted by molar-refractivity contribution is -0.120. The first kappa shape index (κ1) is 12.1. The highest BCUT2D eigenvalue weighted by Gasteiger charge is 2.32. The largest absolute Gasteiger partial charge is 0.354 e. The van der Waals surface area contributed by atoms with E-state index in [1.54, 1.807) is 7.05 Å². The molecule has 0 radical (unpaired) electrons. The van der Waals surface area contributed by atoms with Gasteiger partial charge in [0.05, 0.1) is 6.54 Å². The highest BCUT2D eigenvalue weighted by Crippen LogP contribution is 2.35. The number of hydrogen-bond donors (Lipinski definition) is 2. The zero-order valence-corrected chi connectivity index (χ0v) is 10.5. The first-order valence-electron chi connectivity index (χ1n) is 6.11. The molecule has 1 aliphatic rings. The minimum Gasteiger partial charge on any atom is -0.354 e. The molecule has 0 saturated carbocycles. The zero-order valence-electron chi connectivity index (χ0n) is 10.5. The van der Waals surface area contributed by atoms with Crippen LogP contribution in [0.1, 0.15) is 18.1 Å². The number of nitrogens with one attached hydrogen (secondary N) is 2. The summed E-state index contributed by atoms with van der Waals surface area (Å²) in [6, 6.07) is 8.56. The van der Waals surface area contributed by atoms with Crippen molar-refractivity contribution in [2.24, 2.45) is 5.41 Å². The maximum absolute atomic E-state index is 11.4. The summed E-state index contributed by atoms with van der Waals surface area (Å²) in [7, 11) is 1.78. The van der Waals surface area contributed by atoms with Crippen LogP contribution >= 0.6 is 0 Å². The van der Waals surface area contributed by atoms with Crippen LogP contribution in [0.4, 0.5) is 0 Å². The van der Waals surface area contributed by atoms with Crippen LogP contribution in [0.15, 0.2) is 24.3 Å². The van der Waals surface area contributed by atoms with Gasteiger partial charge in [0.2, 0.25) is 5.91 Å². The molecule has 2 N–H and O–H groups in total. The lowest BCUT2D eigenvalue weighted by Crippen LogP contribution is -2.39. The van der Waals surface area contributed by atoms with E-state index in [2.05, 4.69) is 41.8 Å². The Morgan fingerprint density at radius 2 is 1.88 bits per heavy atom. The standard InChI is InChI=1S/C14H20N2O/c1-14(10-16-13(17)9-15-2)7-11-5-3-4-6-12(11)8-14/h3-6,15H,7-10H2,1-2H3,(H,16,17). The van der Waals surface area contributed by atoms with E-state index < -0.39 is 0 Å². The van der Waals surface area contributed by atoms with Crippen molar-refractivity contribution in [1.82, 2.24) is 10.6 Å². The Morgan fingerprint density at radius 3 is 2.41 bits per heavy atom. The number of likely N-dealkylation sites (N-methyl/N-ethyl adjacent to an activating group) is 1. The number of rotatable bonds is 4. The molecule has 1 aromatic carbocycles. The van der Waals surface area contributed by atoms with Crippen LogP contribution in [0.25, 0.3) is 0 Å². The molecule has 0 aliphatic heterocycles. The Kier molecular flexibility index (Phi) is 3.48. The van der Waals surface area contributed by atoms with E-state index in [0.29, 0.717) is 6.54 Å². The second-order valence-electron chi connectivity index (χ2n) is 5.24. The molecule has 3 nitrogen and oxygen atoms in total. The summed E-state index contributed by atoms with van der Waals surface area (Å²) in [5.74, 6) is 0.0738. The fraction of sp³-hybridized carbons (Fsp3) is 0.500. The second-order valence-corrected chi connectivity index (χ2v) is 5.24. The van der Waals surface area contributed by atoms with Crippen molar-refractivity contribution >= 4 is 5.91 Å². The average Bonchev–Trinajstić information content (AvgIpc) is 2.64. The molecule has 1 amide bonds. The molecule has 1 aromatic rings. The second kappa shape index (κ2) is 4.88. The zero-order chi connectivity index (χ0) is 12.3. The lowest BCUT2D eigenvalue weighted by Gasteiger charge is -2.23. The predicted octanol–water partition coefficient (Wildman–Crippen LogP) is 1.13. The van der Waals surface area contributed by atoms with E-state index in [0.717, 1.165) is 19.4 Å². The van der Waals surface area contributed by atoms with E-state index in [-0.39, 0.29) is 11.3 Å². The monoisotopic (exact) mass is 232 g/mol. The number of carbonyl (C=O) groups is 1. The third kappa shape index (κ3) is 2.86. The Hall–Kier alpha value is -1.35. The van der Waals surface area contributed by atoms with Gasteiger partial charge in [0.15, 0.2) is 0 Å². The maximum atomic E-state index is 11.4. The third-order valence-corrected chi connectivity index (χ3v) is 3.40. The highest BCUT2D eigenvalue weighted by atomic mass is 16.1. The van der Waals surface area contributed by atoms with Crippen molar-refractivity contribution in [3.63, 3.8) is 0 Å². The van der Waals surface area contributed by atoms with Gasteiger partial charge in [-0.2, -0.15) is 0 Å². The van der Waals surface area contributed by atoms with Crippen LogP contribution in [-0.2, 0) is 17.6 Å². The van der Waals surface area contributed by atoms with Crippen LogP contribution in [-0.4, -0.2) is 26.0 Å². The smallest absolute Gasteiger partial charge is 0.233 e. The van der Waals surface area contributed by atoms with Crippen molar-refractivity contribution < 1.29 is 4.79 Å². The van der Waals surface area contributed by atoms with E-state index in [9.17, 15) is 4.79 Å². The van der Waals surface area contributed by atoms with Gasteiger partial charge in [-0.15, -0.1) is 0 Å². The third-order valence-electron chi connectivity index (χ3n) is 3.40. The van der Waals surface area contributed by atoms with Crippen molar-refractivity contribution in [3.05, 3.63) is 35.4 Å². The summed E-state index contributed by atoms with van der Waals surface area (Å²) >= 11 is 0. The Balaban J connectivity index is 1.93. The molecule has 0 saturated heterocycles. The Bertz CT molecular complexity index is 389. The molecule has 3 heteroatoms. The van der Waals surface area contributed by atoms with E-state index in [4.69, 9.17) is 0 Å². The normalized spacial score (nSPS) is 16.6. The minimum absolute atomic E-state index is 0.0738. The lowest BCUT2D eigenvalue weighted by atomic mass is 9.87. The average molecular weight is 232 g/mol. The van der Waals surface area contributed by atoms with Crippen molar-refractivity contribution in [1.29, 1.82) is 0 Å². The van der Waals surface area contributed by atoms with Gasteiger partial charge < -0.3 is 10.6 Å². The Morgan fingerprint density at radius 1 is 1.29 bits per heavy atom. The van der Waals surface area contributed by atoms with Crippen LogP contribution < -0.4 is 10.6 Å². The molecule has 0 heterocycles. The molecule has 0 fully saturated rings. The topological polar surface area (TPSA) is 41.1 Å². The summed E-state index contributed by atoms with van der Waals surface area (Å²) in [6.07, 6.45) is 2.12. The van der Waals surface area contributed by atoms with Crippen molar-refractivity contribution in [3.8, 4) is 0 Å². The van der Waals surface area contributed by atoms with Crippen molar-refractivity contribution in [2.75, 3.05) is 20.1 Å². The SMILES string of the molecule is CNCC(=O)NCC1(C)Cc2ccccc2C1. The maximum Gasteiger partial charge on any atom is 0.233 e. The van der Waals surface area contributed by atoms with Gasteiger partial charge in [0, 0.05) is 6.54 Å². The van der Waals surface area contributed by atoms with Crippen LogP contribution in [0.3, 0.4) is 0 Å². The number of benzene rings is 1. The first-order valence-corrected chi connectivity index (χ1v) is 6.11. The quantitative estimate of drug-likeness (QED) is 0.817. The summed E-state index contributed by atoms with van der Waals surface area (Å²) in [5, 5.41) is 5.86. The van der Waals surface area contributed by atoms with E-state index in [1.165, 1.54) is 11.1 Å². The molecule has 92 valence electrons. The molecule has 0 atom stereocenters. The molecule has 0 bridgehead atoms. The molecule has 2 rings (SSSR count). The van der Waals surface area contributed by atoms with Gasteiger partial charge in [-0.3, -0.25) is 4.79 Å². The minimum atomic E-state index is 0.0738. The summed E-state index contributed by atoms with van der Waals surface area (Å²) in [6.45, 7) is 3.39. The summed E-state index contributed by atoms with van der Waals surface area (Å²) < 4.78 is 0. The molecule has 0 unspecified atom stereocenters. The molecular formula is C14H20N2O. The van der Waals surface area contributed by atoms with E-state index in [1.807, 2.05) is 0 Å². The Labute approximate surface area is 103 Å². The predicted molar refractivity (Wildman–Crippen MR) is 68.9 cm³/mol. The van der Waals surface area contributed by atoms with Gasteiger partial charge in [0.1, 0.15) is 0 Å². The number of fused-ring (bicyclic) bond motifs is 1. The molecule has 0 spiro atoms. The van der Waals surface area contributed by atoms with Gasteiger partial charge >= 0.3 is 0 Å². The van der Waals surface area contributed by atoms with Crippen LogP contribution in [0.2, 0.25) is 0 Å². The van der Waals surface area contributed by atoms with Crippen LogP contribution in [0, 0.1) is 5.41 Å². The van der Waals surface area contributed by atoms with Gasteiger partial charge in [-0.25, -0.2) is 0 Å². The fourth-order valence-corrected chi connectivity index (χ4v) is 2.54. The van der Waals surface area contributed by atoms with Gasteiger partial charge in [-0.1, -0.05) is 31.2 Å². The summed E-state index contributed by atoms with van der Waals surface area (Å²) in [5.41, 5.74) is 3.03. The molecule has 1 aliphatic carbocycles. The summed E-state index contributed by atoms with van der Waals surface area (Å²) in [4.78, 5) is 11.4. The number of amides is 1. The molecule has 17 heavy (non-hydrogen) atoms. The van der Waals surface area contributed by atoms with Crippen LogP contribution in [0.5, 0.6) is 0 Å². The highest BCUT2D eigenvalue weighted by molar-refractivity contribution is 5.78. The fourth-order valence-electron chi connectivity index (χ4n) is 2.54. The van der Waals surface area contributed by atoms with Crippen molar-refractivity contribution in [2.45, 2.75) is 19.8 Å². The van der Waals surface area contributed by atoms with Gasteiger partial charge in [-0.05, 0) is 36.4 Å². The van der Waals surface area contributed by atoms with E-state index >= 15 is 0 Å². The van der Waals surface area contributed by atoms with Gasteiger partial charge in [0.25, 0.3) is 0 Å².